The predicted molar refractivity (Wildman–Crippen MR) is 96.4 cm³/mol. The number of rotatable bonds is 4. The maximum atomic E-state index is 11.4. The predicted octanol–water partition coefficient (Wildman–Crippen LogP) is 1.49. The average molecular weight is 355 g/mol. The van der Waals surface area contributed by atoms with Crippen LogP contribution in [0.3, 0.4) is 0 Å². The Morgan fingerprint density at radius 3 is 2.77 bits per heavy atom. The molecule has 0 spiro atoms. The molecule has 1 fully saturated rings. The molecular formula is C18H21N5O3. The van der Waals surface area contributed by atoms with Crippen LogP contribution in [0.15, 0.2) is 30.5 Å². The van der Waals surface area contributed by atoms with Gasteiger partial charge >= 0.3 is 0 Å². The summed E-state index contributed by atoms with van der Waals surface area (Å²) in [6.07, 6.45) is 1.75. The zero-order valence-corrected chi connectivity index (χ0v) is 14.6. The van der Waals surface area contributed by atoms with Crippen molar-refractivity contribution >= 4 is 17.7 Å². The topological polar surface area (TPSA) is 79.8 Å². The number of ether oxygens (including phenoxy) is 2. The number of carbonyl (C=O) groups is 1. The van der Waals surface area contributed by atoms with Crippen LogP contribution in [-0.2, 0) is 11.3 Å². The molecule has 8 heteroatoms. The summed E-state index contributed by atoms with van der Waals surface area (Å²) in [6, 6.07) is 7.74. The largest absolute Gasteiger partial charge is 0.454 e. The third kappa shape index (κ3) is 3.49. The van der Waals surface area contributed by atoms with E-state index in [2.05, 4.69) is 20.2 Å². The Kier molecular flexibility index (Phi) is 4.47. The maximum Gasteiger partial charge on any atom is 0.231 e. The Hall–Kier alpha value is -3.03. The standard InChI is InChI=1S/C18H21N5O3/c1-13(24)22-6-8-23(9-7-22)18-19-5-4-17(21-18)20-11-14-2-3-15-16(10-14)26-12-25-15/h2-5,10H,6-9,11-12H2,1H3,(H,19,20,21). The van der Waals surface area contributed by atoms with Gasteiger partial charge in [0.2, 0.25) is 18.6 Å². The van der Waals surface area contributed by atoms with Crippen LogP contribution in [0.4, 0.5) is 11.8 Å². The van der Waals surface area contributed by atoms with Crippen molar-refractivity contribution in [2.45, 2.75) is 13.5 Å². The number of hydrogen-bond acceptors (Lipinski definition) is 7. The van der Waals surface area contributed by atoms with Gasteiger partial charge in [-0.05, 0) is 23.8 Å². The molecule has 0 unspecified atom stereocenters. The fourth-order valence-electron chi connectivity index (χ4n) is 3.06. The van der Waals surface area contributed by atoms with Crippen LogP contribution in [0.25, 0.3) is 0 Å². The second-order valence-corrected chi connectivity index (χ2v) is 6.28. The molecule has 0 atom stereocenters. The van der Waals surface area contributed by atoms with E-state index >= 15 is 0 Å². The second kappa shape index (κ2) is 7.07. The molecule has 1 N–H and O–H groups in total. The highest BCUT2D eigenvalue weighted by Crippen LogP contribution is 2.32. The average Bonchev–Trinajstić information content (AvgIpc) is 3.14. The van der Waals surface area contributed by atoms with Gasteiger partial charge in [-0.25, -0.2) is 4.98 Å². The number of anilines is 2. The lowest BCUT2D eigenvalue weighted by Crippen LogP contribution is -2.48. The Morgan fingerprint density at radius 1 is 1.15 bits per heavy atom. The van der Waals surface area contributed by atoms with Crippen LogP contribution in [0, 0.1) is 0 Å². The van der Waals surface area contributed by atoms with Crippen molar-refractivity contribution in [3.63, 3.8) is 0 Å². The lowest BCUT2D eigenvalue weighted by atomic mass is 10.2. The fourth-order valence-corrected chi connectivity index (χ4v) is 3.06. The normalized spacial score (nSPS) is 15.9. The van der Waals surface area contributed by atoms with Gasteiger partial charge in [0.25, 0.3) is 0 Å². The number of hydrogen-bond donors (Lipinski definition) is 1. The first kappa shape index (κ1) is 16.4. The first-order valence-corrected chi connectivity index (χ1v) is 8.65. The van der Waals surface area contributed by atoms with Crippen molar-refractivity contribution in [2.24, 2.45) is 0 Å². The van der Waals surface area contributed by atoms with Gasteiger partial charge in [0, 0.05) is 45.8 Å². The molecule has 0 aliphatic carbocycles. The van der Waals surface area contributed by atoms with E-state index in [-0.39, 0.29) is 12.7 Å². The van der Waals surface area contributed by atoms with E-state index in [0.717, 1.165) is 36.0 Å². The number of nitrogens with zero attached hydrogens (tertiary/aromatic N) is 4. The zero-order chi connectivity index (χ0) is 17.9. The van der Waals surface area contributed by atoms with E-state index in [0.29, 0.717) is 25.6 Å². The van der Waals surface area contributed by atoms with Gasteiger partial charge in [-0.3, -0.25) is 4.79 Å². The highest BCUT2D eigenvalue weighted by atomic mass is 16.7. The molecule has 3 heterocycles. The molecule has 26 heavy (non-hydrogen) atoms. The smallest absolute Gasteiger partial charge is 0.231 e. The number of aromatic nitrogens is 2. The molecule has 0 radical (unpaired) electrons. The van der Waals surface area contributed by atoms with E-state index in [1.807, 2.05) is 29.2 Å². The first-order chi connectivity index (χ1) is 12.7. The number of benzene rings is 1. The van der Waals surface area contributed by atoms with Gasteiger partial charge in [0.05, 0.1) is 0 Å². The summed E-state index contributed by atoms with van der Waals surface area (Å²) >= 11 is 0. The SMILES string of the molecule is CC(=O)N1CCN(c2nccc(NCc3ccc4c(c3)OCO4)n2)CC1. The minimum Gasteiger partial charge on any atom is -0.454 e. The third-order valence-corrected chi connectivity index (χ3v) is 4.56. The lowest BCUT2D eigenvalue weighted by Gasteiger charge is -2.34. The molecule has 2 aromatic rings. The van der Waals surface area contributed by atoms with Gasteiger partial charge < -0.3 is 24.6 Å². The lowest BCUT2D eigenvalue weighted by molar-refractivity contribution is -0.129. The Bertz CT molecular complexity index is 805. The highest BCUT2D eigenvalue weighted by Gasteiger charge is 2.20. The molecule has 2 aliphatic heterocycles. The van der Waals surface area contributed by atoms with Gasteiger partial charge in [0.1, 0.15) is 5.82 Å². The third-order valence-electron chi connectivity index (χ3n) is 4.56. The number of carbonyl (C=O) groups excluding carboxylic acids is 1. The summed E-state index contributed by atoms with van der Waals surface area (Å²) < 4.78 is 10.7. The summed E-state index contributed by atoms with van der Waals surface area (Å²) in [5.41, 5.74) is 1.09. The zero-order valence-electron chi connectivity index (χ0n) is 14.6. The minimum absolute atomic E-state index is 0.115. The first-order valence-electron chi connectivity index (χ1n) is 8.65. The van der Waals surface area contributed by atoms with E-state index in [1.54, 1.807) is 13.1 Å². The van der Waals surface area contributed by atoms with Gasteiger partial charge in [0.15, 0.2) is 11.5 Å². The molecule has 1 aromatic carbocycles. The summed E-state index contributed by atoms with van der Waals surface area (Å²) in [5, 5.41) is 3.32. The highest BCUT2D eigenvalue weighted by molar-refractivity contribution is 5.73. The number of piperazine rings is 1. The monoisotopic (exact) mass is 355 g/mol. The molecule has 1 saturated heterocycles. The summed E-state index contributed by atoms with van der Waals surface area (Å²) in [6.45, 7) is 5.40. The quantitative estimate of drug-likeness (QED) is 0.890. The number of amides is 1. The van der Waals surface area contributed by atoms with E-state index in [1.165, 1.54) is 0 Å². The molecule has 1 amide bonds. The van der Waals surface area contributed by atoms with Crippen LogP contribution in [0.1, 0.15) is 12.5 Å². The van der Waals surface area contributed by atoms with E-state index < -0.39 is 0 Å². The molecule has 0 saturated carbocycles. The number of nitrogens with one attached hydrogen (secondary N) is 1. The summed E-state index contributed by atoms with van der Waals surface area (Å²) in [7, 11) is 0. The molecule has 1 aromatic heterocycles. The number of fused-ring (bicyclic) bond motifs is 1. The van der Waals surface area contributed by atoms with E-state index in [4.69, 9.17) is 9.47 Å². The van der Waals surface area contributed by atoms with E-state index in [9.17, 15) is 4.79 Å². The Labute approximate surface area is 151 Å². The van der Waals surface area contributed by atoms with Gasteiger partial charge in [-0.1, -0.05) is 6.07 Å². The summed E-state index contributed by atoms with van der Waals surface area (Å²) in [5.74, 6) is 3.12. The van der Waals surface area contributed by atoms with Gasteiger partial charge in [-0.2, -0.15) is 4.98 Å². The molecule has 0 bridgehead atoms. The second-order valence-electron chi connectivity index (χ2n) is 6.28. The Balaban J connectivity index is 1.38. The molecular weight excluding hydrogens is 334 g/mol. The van der Waals surface area contributed by atoms with Crippen molar-refractivity contribution in [1.82, 2.24) is 14.9 Å². The van der Waals surface area contributed by atoms with Crippen molar-refractivity contribution in [3.05, 3.63) is 36.0 Å². The minimum atomic E-state index is 0.115. The van der Waals surface area contributed by atoms with Crippen molar-refractivity contribution in [3.8, 4) is 11.5 Å². The fraction of sp³-hybridized carbons (Fsp3) is 0.389. The summed E-state index contributed by atoms with van der Waals surface area (Å²) in [4.78, 5) is 24.4. The maximum absolute atomic E-state index is 11.4. The molecule has 4 rings (SSSR count). The van der Waals surface area contributed by atoms with Crippen LogP contribution in [0.2, 0.25) is 0 Å². The van der Waals surface area contributed by atoms with Crippen molar-refractivity contribution < 1.29 is 14.3 Å². The Morgan fingerprint density at radius 2 is 1.96 bits per heavy atom. The van der Waals surface area contributed by atoms with Gasteiger partial charge in [-0.15, -0.1) is 0 Å². The van der Waals surface area contributed by atoms with Crippen molar-refractivity contribution in [2.75, 3.05) is 43.2 Å². The van der Waals surface area contributed by atoms with Crippen LogP contribution >= 0.6 is 0 Å². The van der Waals surface area contributed by atoms with Crippen LogP contribution in [0.5, 0.6) is 11.5 Å². The molecule has 8 nitrogen and oxygen atoms in total. The van der Waals surface area contributed by atoms with Crippen molar-refractivity contribution in [1.29, 1.82) is 0 Å². The van der Waals surface area contributed by atoms with Crippen LogP contribution in [-0.4, -0.2) is 53.7 Å². The molecule has 136 valence electrons. The molecule has 2 aliphatic rings. The van der Waals surface area contributed by atoms with Crippen LogP contribution < -0.4 is 19.7 Å².